The topological polar surface area (TPSA) is 101 Å². The minimum atomic E-state index is -0.111. The first-order chi connectivity index (χ1) is 13.1. The maximum Gasteiger partial charge on any atom is 0.317 e. The fourth-order valence-corrected chi connectivity index (χ4v) is 3.93. The second-order valence-electron chi connectivity index (χ2n) is 7.61. The largest absolute Gasteiger partial charge is 0.388 e. The van der Waals surface area contributed by atoms with Gasteiger partial charge in [0.05, 0.1) is 6.04 Å². The summed E-state index contributed by atoms with van der Waals surface area (Å²) in [7, 11) is 3.85. The van der Waals surface area contributed by atoms with Crippen molar-refractivity contribution in [2.24, 2.45) is 20.0 Å². The van der Waals surface area contributed by atoms with E-state index < -0.39 is 0 Å². The van der Waals surface area contributed by atoms with Crippen LogP contribution in [0.2, 0.25) is 0 Å². The highest BCUT2D eigenvalue weighted by Gasteiger charge is 2.37. The molecule has 1 saturated carbocycles. The van der Waals surface area contributed by atoms with Crippen LogP contribution < -0.4 is 5.32 Å². The summed E-state index contributed by atoms with van der Waals surface area (Å²) < 4.78 is 3.85. The Kier molecular flexibility index (Phi) is 4.86. The maximum absolute atomic E-state index is 12.8. The van der Waals surface area contributed by atoms with E-state index in [1.807, 2.05) is 34.3 Å². The zero-order chi connectivity index (χ0) is 19.0. The number of rotatable bonds is 5. The monoisotopic (exact) mass is 373 g/mol. The fourth-order valence-electron chi connectivity index (χ4n) is 3.93. The normalized spacial score (nSPS) is 19.3. The average molecular weight is 373 g/mol. The van der Waals surface area contributed by atoms with Crippen molar-refractivity contribution in [3.05, 3.63) is 29.9 Å². The minimum absolute atomic E-state index is 0.0117. The Labute approximate surface area is 158 Å². The van der Waals surface area contributed by atoms with E-state index in [-0.39, 0.29) is 24.6 Å². The van der Waals surface area contributed by atoms with Crippen molar-refractivity contribution in [3.63, 3.8) is 0 Å². The number of carbonyl (C=O) groups is 1. The van der Waals surface area contributed by atoms with Gasteiger partial charge in [0.2, 0.25) is 0 Å². The van der Waals surface area contributed by atoms with Gasteiger partial charge in [-0.2, -0.15) is 0 Å². The third kappa shape index (κ3) is 3.55. The number of aliphatic hydroxyl groups is 1. The molecule has 1 atom stereocenters. The van der Waals surface area contributed by atoms with Gasteiger partial charge in [-0.1, -0.05) is 0 Å². The Morgan fingerprint density at radius 2 is 2.00 bits per heavy atom. The van der Waals surface area contributed by atoms with Crippen LogP contribution in [0.4, 0.5) is 4.79 Å². The number of aliphatic hydroxyl groups excluding tert-OH is 1. The van der Waals surface area contributed by atoms with Gasteiger partial charge >= 0.3 is 6.03 Å². The van der Waals surface area contributed by atoms with Gasteiger partial charge in [-0.25, -0.2) is 9.78 Å². The van der Waals surface area contributed by atoms with Gasteiger partial charge in [-0.05, 0) is 31.6 Å². The number of piperidine rings is 1. The fraction of sp³-hybridized carbons (Fsp3) is 0.667. The number of hydrogen-bond donors (Lipinski definition) is 2. The highest BCUT2D eigenvalue weighted by Crippen LogP contribution is 2.40. The molecule has 9 heteroatoms. The molecule has 3 heterocycles. The van der Waals surface area contributed by atoms with Gasteiger partial charge in [0.1, 0.15) is 18.3 Å². The quantitative estimate of drug-likeness (QED) is 0.817. The molecule has 1 aliphatic heterocycles. The van der Waals surface area contributed by atoms with E-state index in [4.69, 9.17) is 0 Å². The van der Waals surface area contributed by atoms with Crippen molar-refractivity contribution in [1.29, 1.82) is 0 Å². The summed E-state index contributed by atoms with van der Waals surface area (Å²) >= 11 is 0. The van der Waals surface area contributed by atoms with E-state index in [1.165, 1.54) is 0 Å². The van der Waals surface area contributed by atoms with Gasteiger partial charge in [0.25, 0.3) is 0 Å². The summed E-state index contributed by atoms with van der Waals surface area (Å²) in [5.41, 5.74) is 0. The molecular weight excluding hydrogens is 346 g/mol. The van der Waals surface area contributed by atoms with Gasteiger partial charge < -0.3 is 24.5 Å². The predicted octanol–water partition coefficient (Wildman–Crippen LogP) is 1.08. The van der Waals surface area contributed by atoms with Crippen molar-refractivity contribution in [2.45, 2.75) is 44.2 Å². The Morgan fingerprint density at radius 3 is 2.56 bits per heavy atom. The minimum Gasteiger partial charge on any atom is -0.388 e. The maximum atomic E-state index is 12.8. The lowest BCUT2D eigenvalue weighted by Gasteiger charge is -2.32. The highest BCUT2D eigenvalue weighted by molar-refractivity contribution is 5.74. The smallest absolute Gasteiger partial charge is 0.317 e. The summed E-state index contributed by atoms with van der Waals surface area (Å²) in [5.74, 6) is 3.15. The van der Waals surface area contributed by atoms with Gasteiger partial charge in [0, 0.05) is 45.5 Å². The number of aryl methyl sites for hydroxylation is 1. The Balaban J connectivity index is 1.37. The second-order valence-corrected chi connectivity index (χ2v) is 7.61. The van der Waals surface area contributed by atoms with Crippen LogP contribution in [0, 0.1) is 5.92 Å². The van der Waals surface area contributed by atoms with Crippen molar-refractivity contribution < 1.29 is 9.90 Å². The molecule has 1 aliphatic carbocycles. The SMILES string of the molecule is Cn1ccnc1C(NC(=O)N1CCC(c2nnc(CO)n2C)CC1)C1CC1. The number of nitrogens with one attached hydrogen (secondary N) is 1. The lowest BCUT2D eigenvalue weighted by atomic mass is 9.96. The van der Waals surface area contributed by atoms with Crippen LogP contribution in [0.1, 0.15) is 55.1 Å². The number of urea groups is 1. The molecule has 4 rings (SSSR count). The van der Waals surface area contributed by atoms with Crippen LogP contribution >= 0.6 is 0 Å². The molecule has 2 aromatic heterocycles. The van der Waals surface area contributed by atoms with Crippen LogP contribution in [-0.2, 0) is 20.7 Å². The van der Waals surface area contributed by atoms with Gasteiger partial charge in [0.15, 0.2) is 5.82 Å². The van der Waals surface area contributed by atoms with Crippen LogP contribution in [0.15, 0.2) is 12.4 Å². The third-order valence-corrected chi connectivity index (χ3v) is 5.80. The number of amides is 2. The Hall–Kier alpha value is -2.42. The van der Waals surface area contributed by atoms with Gasteiger partial charge in [-0.3, -0.25) is 0 Å². The lowest BCUT2D eigenvalue weighted by molar-refractivity contribution is 0.174. The molecule has 27 heavy (non-hydrogen) atoms. The number of nitrogens with zero attached hydrogens (tertiary/aromatic N) is 6. The van der Waals surface area contributed by atoms with Crippen LogP contribution in [-0.4, -0.2) is 53.4 Å². The Morgan fingerprint density at radius 1 is 1.26 bits per heavy atom. The molecule has 2 N–H and O–H groups in total. The van der Waals surface area contributed by atoms with Crippen molar-refractivity contribution in [3.8, 4) is 0 Å². The van der Waals surface area contributed by atoms with E-state index in [2.05, 4.69) is 20.5 Å². The molecule has 0 aromatic carbocycles. The average Bonchev–Trinajstić information content (AvgIpc) is 3.33. The number of hydrogen-bond acceptors (Lipinski definition) is 5. The Bertz CT molecular complexity index is 802. The molecule has 2 fully saturated rings. The summed E-state index contributed by atoms with van der Waals surface area (Å²) in [6.45, 7) is 1.27. The molecule has 146 valence electrons. The zero-order valence-electron chi connectivity index (χ0n) is 15.9. The van der Waals surface area contributed by atoms with Crippen LogP contribution in [0.25, 0.3) is 0 Å². The standard InChI is InChI=1S/C18H27N7O2/c1-23-10-7-19-17(23)15(12-3-4-12)20-18(27)25-8-5-13(6-9-25)16-22-21-14(11-26)24(16)2/h7,10,12-13,15,26H,3-6,8-9,11H2,1-2H3,(H,20,27). The van der Waals surface area contributed by atoms with Crippen molar-refractivity contribution in [1.82, 2.24) is 34.5 Å². The lowest BCUT2D eigenvalue weighted by Crippen LogP contribution is -2.46. The number of imidazole rings is 1. The molecule has 2 amide bonds. The summed E-state index contributed by atoms with van der Waals surface area (Å²) in [4.78, 5) is 19.1. The number of aromatic nitrogens is 5. The molecule has 9 nitrogen and oxygen atoms in total. The van der Waals surface area contributed by atoms with Crippen molar-refractivity contribution in [2.75, 3.05) is 13.1 Å². The van der Waals surface area contributed by atoms with E-state index in [1.54, 1.807) is 6.20 Å². The number of likely N-dealkylation sites (tertiary alicyclic amines) is 1. The number of carbonyl (C=O) groups excluding carboxylic acids is 1. The van der Waals surface area contributed by atoms with E-state index in [9.17, 15) is 9.90 Å². The molecule has 0 spiro atoms. The van der Waals surface area contributed by atoms with Crippen LogP contribution in [0.3, 0.4) is 0 Å². The van der Waals surface area contributed by atoms with E-state index >= 15 is 0 Å². The molecule has 1 unspecified atom stereocenters. The molecule has 0 radical (unpaired) electrons. The first-order valence-corrected chi connectivity index (χ1v) is 9.60. The molecule has 2 aliphatic rings. The van der Waals surface area contributed by atoms with E-state index in [0.717, 1.165) is 37.3 Å². The van der Waals surface area contributed by atoms with E-state index in [0.29, 0.717) is 24.8 Å². The van der Waals surface area contributed by atoms with Crippen molar-refractivity contribution >= 4 is 6.03 Å². The molecule has 1 saturated heterocycles. The summed E-state index contributed by atoms with van der Waals surface area (Å²) in [6, 6.07) is -0.0246. The van der Waals surface area contributed by atoms with Crippen LogP contribution in [0.5, 0.6) is 0 Å². The predicted molar refractivity (Wildman–Crippen MR) is 97.7 cm³/mol. The van der Waals surface area contributed by atoms with Gasteiger partial charge in [-0.15, -0.1) is 10.2 Å². The first-order valence-electron chi connectivity index (χ1n) is 9.60. The zero-order valence-corrected chi connectivity index (χ0v) is 15.9. The molecule has 2 aromatic rings. The second kappa shape index (κ2) is 7.30. The third-order valence-electron chi connectivity index (χ3n) is 5.80. The molecule has 0 bridgehead atoms. The summed E-state index contributed by atoms with van der Waals surface area (Å²) in [5, 5.41) is 20.7. The summed E-state index contributed by atoms with van der Waals surface area (Å²) in [6.07, 6.45) is 7.68. The molecular formula is C18H27N7O2. The highest BCUT2D eigenvalue weighted by atomic mass is 16.3. The first kappa shape index (κ1) is 18.0.